The number of nitrogens with one attached hydrogen (secondary N) is 1. The summed E-state index contributed by atoms with van der Waals surface area (Å²) in [5.74, 6) is -1.00. The standard InChI is InChI=1S/C11H15FN2O2/c1-3-11(2,16)7-14-10(15)8-4-5-9(12)13-6-8/h4-6,16H,3,7H2,1-2H3,(H,14,15). The number of halogens is 1. The molecule has 0 bridgehead atoms. The van der Waals surface area contributed by atoms with E-state index in [1.165, 1.54) is 6.07 Å². The van der Waals surface area contributed by atoms with Crippen LogP contribution in [-0.4, -0.2) is 28.1 Å². The van der Waals surface area contributed by atoms with Crippen LogP contribution in [0.25, 0.3) is 0 Å². The molecule has 0 aliphatic heterocycles. The molecule has 0 saturated carbocycles. The highest BCUT2D eigenvalue weighted by atomic mass is 19.1. The van der Waals surface area contributed by atoms with Gasteiger partial charge in [-0.25, -0.2) is 4.98 Å². The van der Waals surface area contributed by atoms with Gasteiger partial charge in [-0.1, -0.05) is 6.92 Å². The molecule has 1 aromatic heterocycles. The van der Waals surface area contributed by atoms with Gasteiger partial charge < -0.3 is 10.4 Å². The quantitative estimate of drug-likeness (QED) is 0.756. The smallest absolute Gasteiger partial charge is 0.252 e. The van der Waals surface area contributed by atoms with Gasteiger partial charge >= 0.3 is 0 Å². The van der Waals surface area contributed by atoms with E-state index in [9.17, 15) is 14.3 Å². The second-order valence-corrected chi connectivity index (χ2v) is 3.90. The fourth-order valence-corrected chi connectivity index (χ4v) is 1.01. The van der Waals surface area contributed by atoms with Crippen LogP contribution in [0.2, 0.25) is 0 Å². The summed E-state index contributed by atoms with van der Waals surface area (Å²) in [6.45, 7) is 3.61. The Hall–Kier alpha value is -1.49. The van der Waals surface area contributed by atoms with Gasteiger partial charge in [0.05, 0.1) is 11.2 Å². The molecule has 0 fully saturated rings. The van der Waals surface area contributed by atoms with Gasteiger partial charge in [-0.2, -0.15) is 4.39 Å². The molecule has 0 radical (unpaired) electrons. The molecule has 1 rings (SSSR count). The monoisotopic (exact) mass is 226 g/mol. The molecule has 4 nitrogen and oxygen atoms in total. The molecule has 5 heteroatoms. The van der Waals surface area contributed by atoms with Crippen molar-refractivity contribution in [1.82, 2.24) is 10.3 Å². The maximum atomic E-state index is 12.5. The predicted molar refractivity (Wildman–Crippen MR) is 57.4 cm³/mol. The fourth-order valence-electron chi connectivity index (χ4n) is 1.01. The first-order valence-electron chi connectivity index (χ1n) is 5.07. The minimum absolute atomic E-state index is 0.152. The number of carbonyl (C=O) groups is 1. The largest absolute Gasteiger partial charge is 0.388 e. The van der Waals surface area contributed by atoms with Crippen molar-refractivity contribution in [1.29, 1.82) is 0 Å². The lowest BCUT2D eigenvalue weighted by Crippen LogP contribution is -2.40. The van der Waals surface area contributed by atoms with E-state index in [0.717, 1.165) is 12.3 Å². The molecule has 88 valence electrons. The summed E-state index contributed by atoms with van der Waals surface area (Å²) < 4.78 is 12.5. The Morgan fingerprint density at radius 1 is 1.62 bits per heavy atom. The van der Waals surface area contributed by atoms with Crippen molar-refractivity contribution in [3.63, 3.8) is 0 Å². The first kappa shape index (κ1) is 12.6. The second-order valence-electron chi connectivity index (χ2n) is 3.90. The molecular weight excluding hydrogens is 211 g/mol. The van der Waals surface area contributed by atoms with Gasteiger partial charge in [0.1, 0.15) is 0 Å². The molecule has 0 aliphatic carbocycles. The van der Waals surface area contributed by atoms with E-state index in [0.29, 0.717) is 6.42 Å². The topological polar surface area (TPSA) is 62.2 Å². The molecule has 1 heterocycles. The van der Waals surface area contributed by atoms with Crippen LogP contribution in [0.4, 0.5) is 4.39 Å². The summed E-state index contributed by atoms with van der Waals surface area (Å²) >= 11 is 0. The van der Waals surface area contributed by atoms with Crippen molar-refractivity contribution in [2.45, 2.75) is 25.9 Å². The third kappa shape index (κ3) is 3.58. The molecule has 0 saturated heterocycles. The number of pyridine rings is 1. The zero-order valence-corrected chi connectivity index (χ0v) is 9.33. The average molecular weight is 226 g/mol. The van der Waals surface area contributed by atoms with E-state index in [-0.39, 0.29) is 18.0 Å². The number of aliphatic hydroxyl groups is 1. The van der Waals surface area contributed by atoms with Crippen molar-refractivity contribution >= 4 is 5.91 Å². The van der Waals surface area contributed by atoms with Crippen LogP contribution in [-0.2, 0) is 0 Å². The number of hydrogen-bond donors (Lipinski definition) is 2. The van der Waals surface area contributed by atoms with Gasteiger partial charge in [0.25, 0.3) is 5.91 Å². The third-order valence-corrected chi connectivity index (χ3v) is 2.38. The molecule has 1 atom stereocenters. The van der Waals surface area contributed by atoms with E-state index in [1.807, 2.05) is 6.92 Å². The molecule has 16 heavy (non-hydrogen) atoms. The number of aromatic nitrogens is 1. The normalized spacial score (nSPS) is 14.2. The highest BCUT2D eigenvalue weighted by Gasteiger charge is 2.18. The van der Waals surface area contributed by atoms with Gasteiger partial charge in [-0.15, -0.1) is 0 Å². The summed E-state index contributed by atoms with van der Waals surface area (Å²) in [7, 11) is 0. The lowest BCUT2D eigenvalue weighted by molar-refractivity contribution is 0.0518. The van der Waals surface area contributed by atoms with Crippen LogP contribution in [0.15, 0.2) is 18.3 Å². The van der Waals surface area contributed by atoms with Crippen LogP contribution < -0.4 is 5.32 Å². The molecule has 1 aromatic rings. The number of carbonyl (C=O) groups excluding carboxylic acids is 1. The summed E-state index contributed by atoms with van der Waals surface area (Å²) in [5.41, 5.74) is -0.656. The molecule has 1 amide bonds. The van der Waals surface area contributed by atoms with E-state index in [2.05, 4.69) is 10.3 Å². The first-order valence-corrected chi connectivity index (χ1v) is 5.07. The predicted octanol–water partition coefficient (Wildman–Crippen LogP) is 1.11. The minimum Gasteiger partial charge on any atom is -0.388 e. The van der Waals surface area contributed by atoms with E-state index in [1.54, 1.807) is 6.92 Å². The van der Waals surface area contributed by atoms with E-state index >= 15 is 0 Å². The minimum atomic E-state index is -0.927. The van der Waals surface area contributed by atoms with Crippen LogP contribution in [0.5, 0.6) is 0 Å². The summed E-state index contributed by atoms with van der Waals surface area (Å²) in [6.07, 6.45) is 1.69. The van der Waals surface area contributed by atoms with E-state index < -0.39 is 11.5 Å². The molecule has 2 N–H and O–H groups in total. The van der Waals surface area contributed by atoms with Crippen molar-refractivity contribution in [3.05, 3.63) is 29.8 Å². The lowest BCUT2D eigenvalue weighted by atomic mass is 10.0. The zero-order chi connectivity index (χ0) is 12.2. The Morgan fingerprint density at radius 3 is 2.81 bits per heavy atom. The van der Waals surface area contributed by atoms with Gasteiger partial charge in [0.15, 0.2) is 0 Å². The summed E-state index contributed by atoms with van der Waals surface area (Å²) in [6, 6.07) is 2.46. The van der Waals surface area contributed by atoms with Crippen LogP contribution in [0.1, 0.15) is 30.6 Å². The SMILES string of the molecule is CCC(C)(O)CNC(=O)c1ccc(F)nc1. The Bertz CT molecular complexity index is 363. The van der Waals surface area contributed by atoms with Crippen molar-refractivity contribution in [2.24, 2.45) is 0 Å². The number of rotatable bonds is 4. The Labute approximate surface area is 93.5 Å². The van der Waals surface area contributed by atoms with Crippen molar-refractivity contribution < 1.29 is 14.3 Å². The molecule has 1 unspecified atom stereocenters. The first-order chi connectivity index (χ1) is 7.44. The third-order valence-electron chi connectivity index (χ3n) is 2.38. The highest BCUT2D eigenvalue weighted by Crippen LogP contribution is 2.06. The average Bonchev–Trinajstić information content (AvgIpc) is 2.27. The van der Waals surface area contributed by atoms with E-state index in [4.69, 9.17) is 0 Å². The number of hydrogen-bond acceptors (Lipinski definition) is 3. The van der Waals surface area contributed by atoms with Gasteiger partial charge in [-0.05, 0) is 25.5 Å². The number of nitrogens with zero attached hydrogens (tertiary/aromatic N) is 1. The van der Waals surface area contributed by atoms with Gasteiger partial charge in [0, 0.05) is 12.7 Å². The van der Waals surface area contributed by atoms with Crippen molar-refractivity contribution in [3.8, 4) is 0 Å². The maximum absolute atomic E-state index is 12.5. The Kier molecular flexibility index (Phi) is 3.95. The maximum Gasteiger partial charge on any atom is 0.252 e. The van der Waals surface area contributed by atoms with Crippen LogP contribution in [0, 0.1) is 5.95 Å². The molecule has 0 aromatic carbocycles. The fraction of sp³-hybridized carbons (Fsp3) is 0.455. The van der Waals surface area contributed by atoms with Crippen molar-refractivity contribution in [2.75, 3.05) is 6.54 Å². The Balaban J connectivity index is 2.56. The van der Waals surface area contributed by atoms with Crippen LogP contribution >= 0.6 is 0 Å². The molecule has 0 aliphatic rings. The second kappa shape index (κ2) is 5.03. The summed E-state index contributed by atoms with van der Waals surface area (Å²) in [5, 5.41) is 12.2. The zero-order valence-electron chi connectivity index (χ0n) is 9.33. The number of amides is 1. The Morgan fingerprint density at radius 2 is 2.31 bits per heavy atom. The van der Waals surface area contributed by atoms with Gasteiger partial charge in [0.2, 0.25) is 5.95 Å². The summed E-state index contributed by atoms with van der Waals surface area (Å²) in [4.78, 5) is 14.9. The molecular formula is C11H15FN2O2. The highest BCUT2D eigenvalue weighted by molar-refractivity contribution is 5.93. The van der Waals surface area contributed by atoms with Gasteiger partial charge in [-0.3, -0.25) is 4.79 Å². The molecule has 0 spiro atoms. The lowest BCUT2D eigenvalue weighted by Gasteiger charge is -2.21. The van der Waals surface area contributed by atoms with Crippen LogP contribution in [0.3, 0.4) is 0 Å².